The molecule has 40 heavy (non-hydrogen) atoms. The van der Waals surface area contributed by atoms with E-state index in [-0.39, 0.29) is 0 Å². The van der Waals surface area contributed by atoms with Crippen molar-refractivity contribution < 1.29 is 0 Å². The van der Waals surface area contributed by atoms with Crippen LogP contribution in [0.1, 0.15) is 5.56 Å². The second-order valence-electron chi connectivity index (χ2n) is 10.4. The van der Waals surface area contributed by atoms with Crippen molar-refractivity contribution in [3.05, 3.63) is 163 Å². The van der Waals surface area contributed by atoms with Crippen molar-refractivity contribution in [3.8, 4) is 22.3 Å². The number of benzene rings is 7. The van der Waals surface area contributed by atoms with Gasteiger partial charge in [0.2, 0.25) is 0 Å². The zero-order valence-electron chi connectivity index (χ0n) is 22.5. The second kappa shape index (κ2) is 10.2. The van der Waals surface area contributed by atoms with Crippen LogP contribution in [-0.4, -0.2) is 0 Å². The Bertz CT molecular complexity index is 1930. The highest BCUT2D eigenvalue weighted by molar-refractivity contribution is 5.94. The highest BCUT2D eigenvalue weighted by Crippen LogP contribution is 2.37. The van der Waals surface area contributed by atoms with E-state index in [2.05, 4.69) is 170 Å². The number of nitrogens with zero attached hydrogens (tertiary/aromatic N) is 1. The van der Waals surface area contributed by atoms with Crippen LogP contribution < -0.4 is 4.90 Å². The summed E-state index contributed by atoms with van der Waals surface area (Å²) >= 11 is 0. The molecule has 7 rings (SSSR count). The molecule has 0 aromatic heterocycles. The molecule has 0 heterocycles. The normalized spacial score (nSPS) is 11.1. The standard InChI is InChI=1S/C39H29N/c1-28-11-13-30(14-12-28)31-19-22-38(23-20-31)40(37-9-3-2-4-10-37)39-24-21-35-26-34(17-18-36(35)27-39)33-16-15-29-7-5-6-8-32(29)25-33/h2-27H,1H3. The molecule has 0 fully saturated rings. The Morgan fingerprint density at radius 3 is 1.48 bits per heavy atom. The summed E-state index contributed by atoms with van der Waals surface area (Å²) in [5, 5.41) is 4.99. The van der Waals surface area contributed by atoms with Gasteiger partial charge >= 0.3 is 0 Å². The van der Waals surface area contributed by atoms with Gasteiger partial charge in [0.15, 0.2) is 0 Å². The Balaban J connectivity index is 1.26. The van der Waals surface area contributed by atoms with Crippen LogP contribution in [0.4, 0.5) is 17.1 Å². The van der Waals surface area contributed by atoms with Gasteiger partial charge in [-0.25, -0.2) is 0 Å². The lowest BCUT2D eigenvalue weighted by atomic mass is 9.98. The number of aryl methyl sites for hydroxylation is 1. The average Bonchev–Trinajstić information content (AvgIpc) is 3.02. The number of hydrogen-bond acceptors (Lipinski definition) is 1. The molecule has 0 radical (unpaired) electrons. The molecule has 0 aliphatic heterocycles. The van der Waals surface area contributed by atoms with Crippen molar-refractivity contribution >= 4 is 38.6 Å². The summed E-state index contributed by atoms with van der Waals surface area (Å²) in [5.74, 6) is 0. The Hall–Kier alpha value is -5.14. The van der Waals surface area contributed by atoms with Crippen LogP contribution in [0.2, 0.25) is 0 Å². The molecule has 1 heteroatoms. The van der Waals surface area contributed by atoms with E-state index in [0.29, 0.717) is 0 Å². The molecule has 0 amide bonds. The van der Waals surface area contributed by atoms with Gasteiger partial charge in [-0.1, -0.05) is 115 Å². The maximum Gasteiger partial charge on any atom is 0.0468 e. The van der Waals surface area contributed by atoms with Gasteiger partial charge in [0.25, 0.3) is 0 Å². The molecule has 0 saturated heterocycles. The van der Waals surface area contributed by atoms with Gasteiger partial charge < -0.3 is 4.90 Å². The molecular formula is C39H29N. The predicted octanol–water partition coefficient (Wildman–Crippen LogP) is 11.1. The third-order valence-electron chi connectivity index (χ3n) is 7.69. The summed E-state index contributed by atoms with van der Waals surface area (Å²) in [6.07, 6.45) is 0. The molecule has 0 N–H and O–H groups in total. The minimum Gasteiger partial charge on any atom is -0.310 e. The molecule has 0 unspecified atom stereocenters. The lowest BCUT2D eigenvalue weighted by molar-refractivity contribution is 1.29. The Morgan fingerprint density at radius 1 is 0.325 bits per heavy atom. The van der Waals surface area contributed by atoms with Crippen molar-refractivity contribution in [1.29, 1.82) is 0 Å². The lowest BCUT2D eigenvalue weighted by Gasteiger charge is -2.26. The van der Waals surface area contributed by atoms with Crippen molar-refractivity contribution in [2.45, 2.75) is 6.92 Å². The minimum atomic E-state index is 1.13. The van der Waals surface area contributed by atoms with E-state index >= 15 is 0 Å². The van der Waals surface area contributed by atoms with E-state index in [1.54, 1.807) is 0 Å². The molecule has 0 spiro atoms. The van der Waals surface area contributed by atoms with Crippen molar-refractivity contribution in [3.63, 3.8) is 0 Å². The topological polar surface area (TPSA) is 3.24 Å². The van der Waals surface area contributed by atoms with Gasteiger partial charge in [-0.2, -0.15) is 0 Å². The Kier molecular flexibility index (Phi) is 6.11. The maximum absolute atomic E-state index is 2.33. The number of fused-ring (bicyclic) bond motifs is 2. The summed E-state index contributed by atoms with van der Waals surface area (Å²) in [5.41, 5.74) is 9.61. The fourth-order valence-electron chi connectivity index (χ4n) is 5.49. The first-order valence-corrected chi connectivity index (χ1v) is 13.8. The zero-order chi connectivity index (χ0) is 26.9. The smallest absolute Gasteiger partial charge is 0.0468 e. The first-order chi connectivity index (χ1) is 19.7. The number of para-hydroxylation sites is 1. The third kappa shape index (κ3) is 4.63. The van der Waals surface area contributed by atoms with Crippen LogP contribution in [0.25, 0.3) is 43.8 Å². The van der Waals surface area contributed by atoms with Gasteiger partial charge in [0.05, 0.1) is 0 Å². The lowest BCUT2D eigenvalue weighted by Crippen LogP contribution is -2.09. The monoisotopic (exact) mass is 511 g/mol. The molecular weight excluding hydrogens is 482 g/mol. The van der Waals surface area contributed by atoms with Crippen LogP contribution in [0.3, 0.4) is 0 Å². The van der Waals surface area contributed by atoms with E-state index in [1.807, 2.05) is 0 Å². The second-order valence-corrected chi connectivity index (χ2v) is 10.4. The summed E-state index contributed by atoms with van der Waals surface area (Å²) in [7, 11) is 0. The number of hydrogen-bond donors (Lipinski definition) is 0. The fourth-order valence-corrected chi connectivity index (χ4v) is 5.49. The third-order valence-corrected chi connectivity index (χ3v) is 7.69. The van der Waals surface area contributed by atoms with Gasteiger partial charge in [-0.3, -0.25) is 0 Å². The van der Waals surface area contributed by atoms with E-state index in [0.717, 1.165) is 17.1 Å². The Labute approximate surface area is 235 Å². The number of anilines is 3. The van der Waals surface area contributed by atoms with Crippen LogP contribution in [-0.2, 0) is 0 Å². The van der Waals surface area contributed by atoms with Crippen molar-refractivity contribution in [2.75, 3.05) is 4.90 Å². The van der Waals surface area contributed by atoms with Gasteiger partial charge in [0, 0.05) is 17.1 Å². The quantitative estimate of drug-likeness (QED) is 0.222. The first-order valence-electron chi connectivity index (χ1n) is 13.8. The molecule has 1 nitrogen and oxygen atoms in total. The molecule has 0 saturated carbocycles. The van der Waals surface area contributed by atoms with E-state index < -0.39 is 0 Å². The van der Waals surface area contributed by atoms with Gasteiger partial charge in [0.1, 0.15) is 0 Å². The minimum absolute atomic E-state index is 1.13. The highest BCUT2D eigenvalue weighted by Gasteiger charge is 2.13. The molecule has 0 bridgehead atoms. The molecule has 0 aliphatic carbocycles. The summed E-state index contributed by atoms with van der Waals surface area (Å²) in [4.78, 5) is 2.33. The van der Waals surface area contributed by atoms with Crippen molar-refractivity contribution in [1.82, 2.24) is 0 Å². The van der Waals surface area contributed by atoms with Crippen LogP contribution in [0.15, 0.2) is 158 Å². The average molecular weight is 512 g/mol. The fraction of sp³-hybridized carbons (Fsp3) is 0.0256. The zero-order valence-corrected chi connectivity index (χ0v) is 22.5. The van der Waals surface area contributed by atoms with E-state index in [9.17, 15) is 0 Å². The highest BCUT2D eigenvalue weighted by atomic mass is 15.1. The van der Waals surface area contributed by atoms with E-state index in [1.165, 1.54) is 49.4 Å². The SMILES string of the molecule is Cc1ccc(-c2ccc(N(c3ccccc3)c3ccc4cc(-c5ccc6ccccc6c5)ccc4c3)cc2)cc1. The molecule has 7 aromatic carbocycles. The summed E-state index contributed by atoms with van der Waals surface area (Å²) < 4.78 is 0. The van der Waals surface area contributed by atoms with Crippen LogP contribution >= 0.6 is 0 Å². The number of rotatable bonds is 5. The molecule has 0 aliphatic rings. The molecule has 0 atom stereocenters. The first kappa shape index (κ1) is 23.9. The largest absolute Gasteiger partial charge is 0.310 e. The van der Waals surface area contributed by atoms with Crippen LogP contribution in [0, 0.1) is 6.92 Å². The van der Waals surface area contributed by atoms with Gasteiger partial charge in [-0.05, 0) is 99.3 Å². The van der Waals surface area contributed by atoms with Gasteiger partial charge in [-0.15, -0.1) is 0 Å². The Morgan fingerprint density at radius 2 is 0.775 bits per heavy atom. The molecule has 7 aromatic rings. The predicted molar refractivity (Wildman–Crippen MR) is 172 cm³/mol. The van der Waals surface area contributed by atoms with Crippen molar-refractivity contribution in [2.24, 2.45) is 0 Å². The van der Waals surface area contributed by atoms with E-state index in [4.69, 9.17) is 0 Å². The maximum atomic E-state index is 2.33. The van der Waals surface area contributed by atoms with Crippen LogP contribution in [0.5, 0.6) is 0 Å². The molecule has 190 valence electrons. The summed E-state index contributed by atoms with van der Waals surface area (Å²) in [6.45, 7) is 2.12. The summed E-state index contributed by atoms with van der Waals surface area (Å²) in [6, 6.07) is 56.9.